The number of aliphatic hydroxyl groups is 1. The minimum Gasteiger partial charge on any atom is -0.394 e. The summed E-state index contributed by atoms with van der Waals surface area (Å²) in [5, 5.41) is 12.6. The predicted octanol–water partition coefficient (Wildman–Crippen LogP) is 4.55. The van der Waals surface area contributed by atoms with E-state index >= 15 is 0 Å². The van der Waals surface area contributed by atoms with Gasteiger partial charge in [0.25, 0.3) is 5.56 Å². The number of amides is 1. The second-order valence-electron chi connectivity index (χ2n) is 6.98. The molecule has 1 aromatic heterocycles. The maximum atomic E-state index is 13.7. The molecule has 1 atom stereocenters. The Morgan fingerprint density at radius 3 is 2.52 bits per heavy atom. The smallest absolute Gasteiger partial charge is 0.394 e. The number of alkyl halides is 3. The van der Waals surface area contributed by atoms with Crippen LogP contribution in [0.2, 0.25) is 5.02 Å². The fraction of sp³-hybridized carbons (Fsp3) is 0.238. The summed E-state index contributed by atoms with van der Waals surface area (Å²) in [5.74, 6) is -2.12. The van der Waals surface area contributed by atoms with Crippen molar-refractivity contribution in [3.05, 3.63) is 74.9 Å². The molecule has 0 aliphatic carbocycles. The highest BCUT2D eigenvalue weighted by Gasteiger charge is 2.34. The minimum atomic E-state index is -4.83. The molecule has 3 rings (SSSR count). The van der Waals surface area contributed by atoms with Gasteiger partial charge in [-0.15, -0.1) is 0 Å². The van der Waals surface area contributed by atoms with Crippen molar-refractivity contribution in [3.8, 4) is 0 Å². The molecule has 31 heavy (non-hydrogen) atoms. The van der Waals surface area contributed by atoms with E-state index in [0.717, 1.165) is 6.07 Å². The van der Waals surface area contributed by atoms with Crippen LogP contribution in [0, 0.1) is 5.82 Å². The predicted molar refractivity (Wildman–Crippen MR) is 109 cm³/mol. The van der Waals surface area contributed by atoms with Gasteiger partial charge in [-0.3, -0.25) is 9.59 Å². The fourth-order valence-corrected chi connectivity index (χ4v) is 3.36. The van der Waals surface area contributed by atoms with E-state index < -0.39 is 41.5 Å². The molecule has 0 fully saturated rings. The number of anilines is 1. The Hall–Kier alpha value is -2.91. The Labute approximate surface area is 178 Å². The SMILES string of the molecule is C[C@H](CO)n1ccc2c(NC(=O)Cc3ccc(C(F)(F)F)c(F)c3)c(Cl)ccc2c1=O. The number of benzene rings is 2. The number of aromatic nitrogens is 1. The van der Waals surface area contributed by atoms with Crippen molar-refractivity contribution in [2.24, 2.45) is 0 Å². The summed E-state index contributed by atoms with van der Waals surface area (Å²) in [7, 11) is 0. The minimum absolute atomic E-state index is 0.0403. The summed E-state index contributed by atoms with van der Waals surface area (Å²) in [4.78, 5) is 25.1. The van der Waals surface area contributed by atoms with Gasteiger partial charge in [0.1, 0.15) is 5.82 Å². The molecule has 0 radical (unpaired) electrons. The van der Waals surface area contributed by atoms with Gasteiger partial charge in [-0.05, 0) is 42.8 Å². The van der Waals surface area contributed by atoms with Gasteiger partial charge < -0.3 is 15.0 Å². The molecule has 0 saturated heterocycles. The van der Waals surface area contributed by atoms with Crippen LogP contribution in [0.1, 0.15) is 24.1 Å². The van der Waals surface area contributed by atoms with Gasteiger partial charge in [-0.2, -0.15) is 13.2 Å². The van der Waals surface area contributed by atoms with Crippen molar-refractivity contribution in [3.63, 3.8) is 0 Å². The average molecular weight is 457 g/mol. The lowest BCUT2D eigenvalue weighted by atomic mass is 10.1. The zero-order chi connectivity index (χ0) is 22.9. The molecule has 1 heterocycles. The maximum Gasteiger partial charge on any atom is 0.419 e. The van der Waals surface area contributed by atoms with Gasteiger partial charge in [-0.25, -0.2) is 4.39 Å². The summed E-state index contributed by atoms with van der Waals surface area (Å²) < 4.78 is 53.1. The second kappa shape index (κ2) is 8.68. The number of rotatable bonds is 5. The van der Waals surface area contributed by atoms with Gasteiger partial charge in [0.2, 0.25) is 5.91 Å². The van der Waals surface area contributed by atoms with Crippen LogP contribution in [0.4, 0.5) is 23.2 Å². The Bertz CT molecular complexity index is 1210. The first-order chi connectivity index (χ1) is 14.5. The number of hydrogen-bond donors (Lipinski definition) is 2. The Morgan fingerprint density at radius 2 is 1.90 bits per heavy atom. The summed E-state index contributed by atoms with van der Waals surface area (Å²) in [6, 6.07) is 6.26. The lowest BCUT2D eigenvalue weighted by molar-refractivity contribution is -0.140. The van der Waals surface area contributed by atoms with E-state index in [2.05, 4.69) is 5.32 Å². The molecule has 2 N–H and O–H groups in total. The first kappa shape index (κ1) is 22.8. The monoisotopic (exact) mass is 456 g/mol. The molecule has 0 bridgehead atoms. The quantitative estimate of drug-likeness (QED) is 0.553. The molecule has 0 saturated carbocycles. The molecule has 2 aromatic carbocycles. The fourth-order valence-electron chi connectivity index (χ4n) is 3.14. The highest BCUT2D eigenvalue weighted by Crippen LogP contribution is 2.32. The van der Waals surface area contributed by atoms with Crippen LogP contribution < -0.4 is 10.9 Å². The summed E-state index contributed by atoms with van der Waals surface area (Å²) in [6.45, 7) is 1.42. The Kier molecular flexibility index (Phi) is 6.38. The summed E-state index contributed by atoms with van der Waals surface area (Å²) in [6.07, 6.45) is -3.77. The van der Waals surface area contributed by atoms with Crippen molar-refractivity contribution in [1.29, 1.82) is 0 Å². The average Bonchev–Trinajstić information content (AvgIpc) is 2.69. The Balaban J connectivity index is 1.90. The highest BCUT2D eigenvalue weighted by molar-refractivity contribution is 6.35. The van der Waals surface area contributed by atoms with Crippen molar-refractivity contribution >= 4 is 34.0 Å². The first-order valence-corrected chi connectivity index (χ1v) is 9.50. The van der Waals surface area contributed by atoms with Crippen LogP contribution in [0.15, 0.2) is 47.4 Å². The number of carbonyl (C=O) groups is 1. The van der Waals surface area contributed by atoms with E-state index in [-0.39, 0.29) is 28.3 Å². The van der Waals surface area contributed by atoms with Crippen LogP contribution in [-0.4, -0.2) is 22.2 Å². The van der Waals surface area contributed by atoms with E-state index in [1.54, 1.807) is 13.0 Å². The Morgan fingerprint density at radius 1 is 1.19 bits per heavy atom. The first-order valence-electron chi connectivity index (χ1n) is 9.12. The van der Waals surface area contributed by atoms with Gasteiger partial charge in [0, 0.05) is 17.0 Å². The molecule has 0 aliphatic rings. The molecule has 3 aromatic rings. The number of hydrogen-bond acceptors (Lipinski definition) is 3. The van der Waals surface area contributed by atoms with E-state index in [4.69, 9.17) is 11.6 Å². The molecule has 0 aliphatic heterocycles. The van der Waals surface area contributed by atoms with Crippen LogP contribution in [0.25, 0.3) is 10.8 Å². The largest absolute Gasteiger partial charge is 0.419 e. The van der Waals surface area contributed by atoms with Crippen LogP contribution >= 0.6 is 11.6 Å². The van der Waals surface area contributed by atoms with Gasteiger partial charge in [0.05, 0.1) is 35.3 Å². The number of nitrogens with one attached hydrogen (secondary N) is 1. The zero-order valence-corrected chi connectivity index (χ0v) is 16.9. The molecule has 1 amide bonds. The number of nitrogens with zero attached hydrogens (tertiary/aromatic N) is 1. The zero-order valence-electron chi connectivity index (χ0n) is 16.1. The van der Waals surface area contributed by atoms with Crippen LogP contribution in [-0.2, 0) is 17.4 Å². The van der Waals surface area contributed by atoms with Gasteiger partial charge in [-0.1, -0.05) is 17.7 Å². The number of carbonyl (C=O) groups excluding carboxylic acids is 1. The number of pyridine rings is 1. The third kappa shape index (κ3) is 4.72. The van der Waals surface area contributed by atoms with Crippen LogP contribution in [0.3, 0.4) is 0 Å². The number of aliphatic hydroxyl groups excluding tert-OH is 1. The molecule has 0 unspecified atom stereocenters. The van der Waals surface area contributed by atoms with Crippen LogP contribution in [0.5, 0.6) is 0 Å². The van der Waals surface area contributed by atoms with Crippen molar-refractivity contribution in [2.75, 3.05) is 11.9 Å². The molecular weight excluding hydrogens is 440 g/mol. The third-order valence-corrected chi connectivity index (χ3v) is 5.08. The maximum absolute atomic E-state index is 13.7. The summed E-state index contributed by atoms with van der Waals surface area (Å²) >= 11 is 6.18. The molecule has 164 valence electrons. The standard InChI is InChI=1S/C21H17ClF4N2O3/c1-11(10-29)28-7-6-13-14(20(28)31)3-5-16(22)19(13)27-18(30)9-12-2-4-15(17(23)8-12)21(24,25)26/h2-8,11,29H,9-10H2,1H3,(H,27,30)/t11-/m1/s1. The summed E-state index contributed by atoms with van der Waals surface area (Å²) in [5.41, 5.74) is -1.62. The topological polar surface area (TPSA) is 71.3 Å². The van der Waals surface area contributed by atoms with E-state index in [1.807, 2.05) is 0 Å². The lowest BCUT2D eigenvalue weighted by Gasteiger charge is -2.15. The molecular formula is C21H17ClF4N2O3. The molecule has 0 spiro atoms. The van der Waals surface area contributed by atoms with Gasteiger partial charge in [0.15, 0.2) is 0 Å². The third-order valence-electron chi connectivity index (χ3n) is 4.77. The second-order valence-corrected chi connectivity index (χ2v) is 7.39. The van der Waals surface area contributed by atoms with E-state index in [0.29, 0.717) is 17.5 Å². The molecule has 5 nitrogen and oxygen atoms in total. The highest BCUT2D eigenvalue weighted by atomic mass is 35.5. The van der Waals surface area contributed by atoms with Crippen molar-refractivity contribution in [1.82, 2.24) is 4.57 Å². The van der Waals surface area contributed by atoms with Crippen molar-refractivity contribution < 1.29 is 27.5 Å². The lowest BCUT2D eigenvalue weighted by Crippen LogP contribution is -2.25. The van der Waals surface area contributed by atoms with Crippen molar-refractivity contribution in [2.45, 2.75) is 25.6 Å². The van der Waals surface area contributed by atoms with Gasteiger partial charge >= 0.3 is 6.18 Å². The van der Waals surface area contributed by atoms with E-state index in [1.165, 1.54) is 22.9 Å². The number of fused-ring (bicyclic) bond motifs is 1. The molecule has 10 heteroatoms. The number of halogens is 5. The normalized spacial score (nSPS) is 12.7. The van der Waals surface area contributed by atoms with E-state index in [9.17, 15) is 32.3 Å².